The minimum Gasteiger partial charge on any atom is -0.483 e. The van der Waals surface area contributed by atoms with Crippen LogP contribution in [0.25, 0.3) is 0 Å². The maximum Gasteiger partial charge on any atom is 0.258 e. The molecule has 2 aromatic rings. The zero-order chi connectivity index (χ0) is 18.4. The molecule has 0 spiro atoms. The van der Waals surface area contributed by atoms with Crippen LogP contribution in [0.1, 0.15) is 50.5 Å². The van der Waals surface area contributed by atoms with Gasteiger partial charge in [0.25, 0.3) is 5.91 Å². The Balaban J connectivity index is 1.87. The summed E-state index contributed by atoms with van der Waals surface area (Å²) < 4.78 is 5.72. The molecule has 0 fully saturated rings. The van der Waals surface area contributed by atoms with E-state index < -0.39 is 6.10 Å². The molecule has 0 unspecified atom stereocenters. The zero-order valence-corrected chi connectivity index (χ0v) is 15.4. The maximum absolute atomic E-state index is 12.0. The van der Waals surface area contributed by atoms with Crippen molar-refractivity contribution >= 4 is 5.91 Å². The third-order valence-electron chi connectivity index (χ3n) is 4.01. The van der Waals surface area contributed by atoms with Gasteiger partial charge >= 0.3 is 0 Å². The molecule has 1 amide bonds. The van der Waals surface area contributed by atoms with Crippen LogP contribution < -0.4 is 10.1 Å². The summed E-state index contributed by atoms with van der Waals surface area (Å²) in [6.07, 6.45) is -0.486. The van der Waals surface area contributed by atoms with Gasteiger partial charge in [0.15, 0.2) is 6.61 Å². The van der Waals surface area contributed by atoms with Crippen molar-refractivity contribution in [3.63, 3.8) is 0 Å². The fourth-order valence-corrected chi connectivity index (χ4v) is 2.52. The molecule has 0 radical (unpaired) electrons. The van der Waals surface area contributed by atoms with E-state index in [1.54, 1.807) is 6.92 Å². The summed E-state index contributed by atoms with van der Waals surface area (Å²) in [6.45, 7) is 8.50. The molecule has 25 heavy (non-hydrogen) atoms. The summed E-state index contributed by atoms with van der Waals surface area (Å²) in [6, 6.07) is 15.3. The number of hydrogen-bond acceptors (Lipinski definition) is 3. The number of carbonyl (C=O) groups is 1. The number of benzene rings is 2. The van der Waals surface area contributed by atoms with Gasteiger partial charge < -0.3 is 15.2 Å². The summed E-state index contributed by atoms with van der Waals surface area (Å²) in [7, 11) is 0. The van der Waals surface area contributed by atoms with Crippen molar-refractivity contribution in [2.75, 3.05) is 6.61 Å². The maximum atomic E-state index is 12.0. The summed E-state index contributed by atoms with van der Waals surface area (Å²) >= 11 is 0. The first-order chi connectivity index (χ1) is 11.8. The molecule has 2 N–H and O–H groups in total. The molecule has 0 aliphatic rings. The lowest BCUT2D eigenvalue weighted by molar-refractivity contribution is -0.123. The number of amides is 1. The monoisotopic (exact) mass is 341 g/mol. The first-order valence-electron chi connectivity index (χ1n) is 8.53. The van der Waals surface area contributed by atoms with Gasteiger partial charge in [-0.05, 0) is 35.1 Å². The second-order valence-electron chi connectivity index (χ2n) is 7.23. The van der Waals surface area contributed by atoms with Gasteiger partial charge in [-0.25, -0.2) is 0 Å². The first kappa shape index (κ1) is 19.0. The Hall–Kier alpha value is -2.33. The van der Waals surface area contributed by atoms with E-state index in [9.17, 15) is 9.90 Å². The Morgan fingerprint density at radius 3 is 2.36 bits per heavy atom. The van der Waals surface area contributed by atoms with Crippen molar-refractivity contribution in [3.8, 4) is 5.75 Å². The quantitative estimate of drug-likeness (QED) is 0.842. The van der Waals surface area contributed by atoms with Gasteiger partial charge in [0, 0.05) is 6.54 Å². The normalized spacial score (nSPS) is 12.5. The van der Waals surface area contributed by atoms with Crippen LogP contribution in [0.2, 0.25) is 0 Å². The van der Waals surface area contributed by atoms with Gasteiger partial charge in [-0.2, -0.15) is 0 Å². The van der Waals surface area contributed by atoms with E-state index in [4.69, 9.17) is 4.74 Å². The highest BCUT2D eigenvalue weighted by Crippen LogP contribution is 2.30. The molecule has 0 saturated heterocycles. The highest BCUT2D eigenvalue weighted by molar-refractivity contribution is 5.77. The van der Waals surface area contributed by atoms with Crippen LogP contribution in [0.3, 0.4) is 0 Å². The summed E-state index contributed by atoms with van der Waals surface area (Å²) in [5.41, 5.74) is 2.88. The summed E-state index contributed by atoms with van der Waals surface area (Å²) in [5, 5.41) is 12.4. The zero-order valence-electron chi connectivity index (χ0n) is 15.4. The van der Waals surface area contributed by atoms with Crippen molar-refractivity contribution in [2.45, 2.75) is 45.8 Å². The largest absolute Gasteiger partial charge is 0.483 e. The van der Waals surface area contributed by atoms with Crippen molar-refractivity contribution in [2.24, 2.45) is 0 Å². The van der Waals surface area contributed by atoms with E-state index in [0.717, 1.165) is 22.4 Å². The SMILES string of the molecule is C[C@@H](O)c1ccc(CNC(=O)COc2ccccc2C(C)(C)C)cc1. The number of aliphatic hydroxyl groups excluding tert-OH is 1. The minimum atomic E-state index is -0.486. The van der Waals surface area contributed by atoms with Crippen LogP contribution in [0, 0.1) is 0 Å². The Morgan fingerprint density at radius 2 is 1.76 bits per heavy atom. The average Bonchev–Trinajstić information content (AvgIpc) is 2.58. The second kappa shape index (κ2) is 8.17. The molecule has 0 aliphatic heterocycles. The molecule has 2 aromatic carbocycles. The highest BCUT2D eigenvalue weighted by atomic mass is 16.5. The fourth-order valence-electron chi connectivity index (χ4n) is 2.52. The van der Waals surface area contributed by atoms with E-state index in [0.29, 0.717) is 6.54 Å². The molecule has 134 valence electrons. The highest BCUT2D eigenvalue weighted by Gasteiger charge is 2.18. The van der Waals surface area contributed by atoms with E-state index in [1.807, 2.05) is 48.5 Å². The van der Waals surface area contributed by atoms with Crippen LogP contribution in [-0.4, -0.2) is 17.6 Å². The fraction of sp³-hybridized carbons (Fsp3) is 0.381. The number of nitrogens with one attached hydrogen (secondary N) is 1. The molecule has 2 rings (SSSR count). The molecule has 4 heteroatoms. The molecule has 1 atom stereocenters. The van der Waals surface area contributed by atoms with Gasteiger partial charge in [-0.3, -0.25) is 4.79 Å². The summed E-state index contributed by atoms with van der Waals surface area (Å²) in [4.78, 5) is 12.0. The van der Waals surface area contributed by atoms with Gasteiger partial charge in [0.2, 0.25) is 0 Å². The van der Waals surface area contributed by atoms with Crippen molar-refractivity contribution in [1.82, 2.24) is 5.32 Å². The number of hydrogen-bond donors (Lipinski definition) is 2. The lowest BCUT2D eigenvalue weighted by Gasteiger charge is -2.22. The van der Waals surface area contributed by atoms with Gasteiger partial charge in [-0.1, -0.05) is 63.2 Å². The van der Waals surface area contributed by atoms with E-state index in [1.165, 1.54) is 0 Å². The van der Waals surface area contributed by atoms with Gasteiger partial charge in [0.1, 0.15) is 5.75 Å². The van der Waals surface area contributed by atoms with Crippen molar-refractivity contribution in [1.29, 1.82) is 0 Å². The van der Waals surface area contributed by atoms with Crippen LogP contribution in [0.5, 0.6) is 5.75 Å². The first-order valence-corrected chi connectivity index (χ1v) is 8.53. The van der Waals surface area contributed by atoms with Crippen molar-refractivity contribution in [3.05, 3.63) is 65.2 Å². The molecule has 0 aliphatic carbocycles. The number of carbonyl (C=O) groups excluding carboxylic acids is 1. The van der Waals surface area contributed by atoms with Crippen LogP contribution >= 0.6 is 0 Å². The van der Waals surface area contributed by atoms with E-state index in [2.05, 4.69) is 26.1 Å². The van der Waals surface area contributed by atoms with E-state index >= 15 is 0 Å². The Bertz CT molecular complexity index is 700. The predicted molar refractivity (Wildman–Crippen MR) is 99.6 cm³/mol. The molecule has 4 nitrogen and oxygen atoms in total. The van der Waals surface area contributed by atoms with E-state index in [-0.39, 0.29) is 17.9 Å². The smallest absolute Gasteiger partial charge is 0.258 e. The molecular formula is C21H27NO3. The van der Waals surface area contributed by atoms with Gasteiger partial charge in [-0.15, -0.1) is 0 Å². The molecular weight excluding hydrogens is 314 g/mol. The summed E-state index contributed by atoms with van der Waals surface area (Å²) in [5.74, 6) is 0.578. The Kier molecular flexibility index (Phi) is 6.21. The number of rotatable bonds is 6. The molecule has 0 bridgehead atoms. The molecule has 0 aromatic heterocycles. The van der Waals surface area contributed by atoms with Crippen LogP contribution in [0.4, 0.5) is 0 Å². The lowest BCUT2D eigenvalue weighted by atomic mass is 9.86. The predicted octanol–water partition coefficient (Wildman–Crippen LogP) is 3.73. The minimum absolute atomic E-state index is 0.0150. The van der Waals surface area contributed by atoms with Crippen LogP contribution in [0.15, 0.2) is 48.5 Å². The van der Waals surface area contributed by atoms with Gasteiger partial charge in [0.05, 0.1) is 6.10 Å². The average molecular weight is 341 g/mol. The standard InChI is InChI=1S/C21H27NO3/c1-15(23)17-11-9-16(10-12-17)13-22-20(24)14-25-19-8-6-5-7-18(19)21(2,3)4/h5-12,15,23H,13-14H2,1-4H3,(H,22,24)/t15-/m1/s1. The number of aliphatic hydroxyl groups is 1. The van der Waals surface area contributed by atoms with Crippen molar-refractivity contribution < 1.29 is 14.6 Å². The number of para-hydroxylation sites is 1. The molecule has 0 heterocycles. The number of ether oxygens (including phenoxy) is 1. The lowest BCUT2D eigenvalue weighted by Crippen LogP contribution is -2.29. The second-order valence-corrected chi connectivity index (χ2v) is 7.23. The van der Waals surface area contributed by atoms with Crippen LogP contribution in [-0.2, 0) is 16.8 Å². The third kappa shape index (κ3) is 5.61. The topological polar surface area (TPSA) is 58.6 Å². The Labute approximate surface area is 149 Å². The Morgan fingerprint density at radius 1 is 1.12 bits per heavy atom. The third-order valence-corrected chi connectivity index (χ3v) is 4.01. The molecule has 0 saturated carbocycles.